The first-order valence-electron chi connectivity index (χ1n) is 11.2. The van der Waals surface area contributed by atoms with Gasteiger partial charge in [-0.05, 0) is 54.4 Å². The van der Waals surface area contributed by atoms with Crippen molar-refractivity contribution in [2.24, 2.45) is 0 Å². The third-order valence-electron chi connectivity index (χ3n) is 5.86. The van der Waals surface area contributed by atoms with E-state index >= 15 is 0 Å². The van der Waals surface area contributed by atoms with Crippen LogP contribution in [-0.2, 0) is 20.9 Å². The molecule has 0 saturated carbocycles. The summed E-state index contributed by atoms with van der Waals surface area (Å²) in [4.78, 5) is 27.3. The second-order valence-electron chi connectivity index (χ2n) is 8.34. The molecule has 1 aliphatic rings. The second-order valence-corrected chi connectivity index (χ2v) is 8.78. The van der Waals surface area contributed by atoms with Gasteiger partial charge < -0.3 is 19.5 Å². The Kier molecular flexibility index (Phi) is 7.54. The van der Waals surface area contributed by atoms with Gasteiger partial charge in [-0.3, -0.25) is 9.59 Å². The molecule has 4 rings (SSSR count). The summed E-state index contributed by atoms with van der Waals surface area (Å²) in [7, 11) is 1.52. The Labute approximate surface area is 209 Å². The van der Waals surface area contributed by atoms with Crippen molar-refractivity contribution in [3.8, 4) is 5.75 Å². The number of aryl methyl sites for hydroxylation is 1. The van der Waals surface area contributed by atoms with Gasteiger partial charge in [0.15, 0.2) is 0 Å². The molecule has 35 heavy (non-hydrogen) atoms. The molecule has 0 unspecified atom stereocenters. The number of amides is 1. The van der Waals surface area contributed by atoms with E-state index in [-0.39, 0.29) is 24.5 Å². The van der Waals surface area contributed by atoms with Gasteiger partial charge in [-0.1, -0.05) is 53.6 Å². The van der Waals surface area contributed by atoms with Crippen LogP contribution in [0.1, 0.15) is 28.3 Å². The van der Waals surface area contributed by atoms with Crippen molar-refractivity contribution >= 4 is 29.1 Å². The average molecular weight is 492 g/mol. The number of hydrogen-bond acceptors (Lipinski definition) is 5. The number of methoxy groups -OCH3 is 1. The fourth-order valence-electron chi connectivity index (χ4n) is 4.16. The van der Waals surface area contributed by atoms with E-state index in [0.29, 0.717) is 28.5 Å². The molecule has 180 valence electrons. The maximum Gasteiger partial charge on any atom is 0.295 e. The fraction of sp³-hybridized carbons (Fsp3) is 0.214. The summed E-state index contributed by atoms with van der Waals surface area (Å²) >= 11 is 6.19. The summed E-state index contributed by atoms with van der Waals surface area (Å²) < 4.78 is 11.0. The van der Waals surface area contributed by atoms with Crippen molar-refractivity contribution in [3.63, 3.8) is 0 Å². The van der Waals surface area contributed by atoms with E-state index in [1.807, 2.05) is 25.1 Å². The minimum Gasteiger partial charge on any atom is -0.507 e. The number of nitrogens with zero attached hydrogens (tertiary/aromatic N) is 1. The van der Waals surface area contributed by atoms with Crippen LogP contribution in [0.15, 0.2) is 78.4 Å². The zero-order valence-corrected chi connectivity index (χ0v) is 20.3. The lowest BCUT2D eigenvalue weighted by Crippen LogP contribution is -2.32. The van der Waals surface area contributed by atoms with Crippen LogP contribution in [0, 0.1) is 6.92 Å². The molecule has 0 aromatic heterocycles. The molecule has 0 spiro atoms. The molecule has 1 atom stereocenters. The van der Waals surface area contributed by atoms with Crippen LogP contribution in [0.3, 0.4) is 0 Å². The molecule has 1 fully saturated rings. The second kappa shape index (κ2) is 10.8. The average Bonchev–Trinajstić information content (AvgIpc) is 3.11. The summed E-state index contributed by atoms with van der Waals surface area (Å²) in [6.45, 7) is 2.88. The number of carbonyl (C=O) groups is 2. The summed E-state index contributed by atoms with van der Waals surface area (Å²) in [5, 5.41) is 11.6. The first kappa shape index (κ1) is 24.5. The zero-order chi connectivity index (χ0) is 24.9. The Balaban J connectivity index is 1.64. The lowest BCUT2D eigenvalue weighted by Gasteiger charge is -2.25. The number of aliphatic hydroxyl groups excluding tert-OH is 1. The third kappa shape index (κ3) is 5.39. The molecule has 1 aliphatic heterocycles. The molecule has 1 saturated heterocycles. The monoisotopic (exact) mass is 491 g/mol. The van der Waals surface area contributed by atoms with Crippen molar-refractivity contribution in [1.82, 2.24) is 4.90 Å². The zero-order valence-electron chi connectivity index (χ0n) is 19.5. The third-order valence-corrected chi connectivity index (χ3v) is 6.09. The van der Waals surface area contributed by atoms with E-state index < -0.39 is 17.7 Å². The van der Waals surface area contributed by atoms with E-state index in [4.69, 9.17) is 21.1 Å². The molecule has 0 aliphatic carbocycles. The number of ether oxygens (including phenoxy) is 2. The first-order valence-corrected chi connectivity index (χ1v) is 11.6. The number of Topliss-reactive ketones (excluding diaryl/α,β-unsaturated/α-hetero) is 1. The van der Waals surface area contributed by atoms with E-state index in [0.717, 1.165) is 11.1 Å². The molecular formula is C28H26ClNO5. The minimum atomic E-state index is -0.777. The largest absolute Gasteiger partial charge is 0.507 e. The normalized spacial score (nSPS) is 17.1. The molecule has 0 bridgehead atoms. The number of halogens is 1. The summed E-state index contributed by atoms with van der Waals surface area (Å²) in [5.74, 6) is -1.07. The standard InChI is InChI=1S/C28H26ClNO5/c1-18-5-3-6-19(15-18)17-35-23-11-9-20(10-12-23)26(31)24-25(21-7-4-8-22(29)16-21)30(13-14-34-2)28(33)27(24)32/h3-12,15-16,25,31H,13-14,17H2,1-2H3/b26-24+/t25-/m0/s1. The molecule has 1 amide bonds. The van der Waals surface area contributed by atoms with Gasteiger partial charge in [-0.2, -0.15) is 0 Å². The quantitative estimate of drug-likeness (QED) is 0.263. The molecule has 3 aromatic rings. The number of ketones is 1. The van der Waals surface area contributed by atoms with Crippen LogP contribution >= 0.6 is 11.6 Å². The topological polar surface area (TPSA) is 76.1 Å². The lowest BCUT2D eigenvalue weighted by atomic mass is 9.95. The predicted octanol–water partition coefficient (Wildman–Crippen LogP) is 5.30. The molecule has 1 N–H and O–H groups in total. The van der Waals surface area contributed by atoms with Gasteiger partial charge in [0.2, 0.25) is 0 Å². The SMILES string of the molecule is COCCN1C(=O)C(=O)/C(=C(/O)c2ccc(OCc3cccc(C)c3)cc2)[C@@H]1c1cccc(Cl)c1. The number of likely N-dealkylation sites (tertiary alicyclic amines) is 1. The smallest absolute Gasteiger partial charge is 0.295 e. The lowest BCUT2D eigenvalue weighted by molar-refractivity contribution is -0.140. The highest BCUT2D eigenvalue weighted by Gasteiger charge is 2.45. The van der Waals surface area contributed by atoms with Gasteiger partial charge >= 0.3 is 0 Å². The number of hydrogen-bond donors (Lipinski definition) is 1. The van der Waals surface area contributed by atoms with Crippen LogP contribution < -0.4 is 4.74 Å². The maximum atomic E-state index is 13.0. The van der Waals surface area contributed by atoms with Gasteiger partial charge in [0.1, 0.15) is 18.1 Å². The Bertz CT molecular complexity index is 1270. The van der Waals surface area contributed by atoms with Gasteiger partial charge in [-0.25, -0.2) is 0 Å². The number of aliphatic hydroxyl groups is 1. The molecule has 7 heteroatoms. The molecular weight excluding hydrogens is 466 g/mol. The maximum absolute atomic E-state index is 13.0. The van der Waals surface area contributed by atoms with Crippen molar-refractivity contribution in [2.75, 3.05) is 20.3 Å². The van der Waals surface area contributed by atoms with E-state index in [9.17, 15) is 14.7 Å². The van der Waals surface area contributed by atoms with E-state index in [1.54, 1.807) is 48.5 Å². The van der Waals surface area contributed by atoms with E-state index in [1.165, 1.54) is 12.0 Å². The van der Waals surface area contributed by atoms with Crippen LogP contribution in [0.5, 0.6) is 5.75 Å². The van der Waals surface area contributed by atoms with Gasteiger partial charge in [0.25, 0.3) is 11.7 Å². The fourth-order valence-corrected chi connectivity index (χ4v) is 4.36. The Morgan fingerprint density at radius 2 is 1.77 bits per heavy atom. The van der Waals surface area contributed by atoms with Crippen LogP contribution in [0.25, 0.3) is 5.76 Å². The van der Waals surface area contributed by atoms with Gasteiger partial charge in [-0.15, -0.1) is 0 Å². The highest BCUT2D eigenvalue weighted by Crippen LogP contribution is 2.40. The number of benzene rings is 3. The van der Waals surface area contributed by atoms with Crippen molar-refractivity contribution in [2.45, 2.75) is 19.6 Å². The Morgan fingerprint density at radius 3 is 2.46 bits per heavy atom. The molecule has 0 radical (unpaired) electrons. The molecule has 6 nitrogen and oxygen atoms in total. The Morgan fingerprint density at radius 1 is 1.03 bits per heavy atom. The highest BCUT2D eigenvalue weighted by atomic mass is 35.5. The highest BCUT2D eigenvalue weighted by molar-refractivity contribution is 6.46. The molecule has 1 heterocycles. The number of carbonyl (C=O) groups excluding carboxylic acids is 2. The van der Waals surface area contributed by atoms with Crippen LogP contribution in [-0.4, -0.2) is 42.0 Å². The predicted molar refractivity (Wildman–Crippen MR) is 134 cm³/mol. The summed E-state index contributed by atoms with van der Waals surface area (Å²) in [6, 6.07) is 21.0. The van der Waals surface area contributed by atoms with Crippen LogP contribution in [0.2, 0.25) is 5.02 Å². The van der Waals surface area contributed by atoms with Crippen molar-refractivity contribution in [1.29, 1.82) is 0 Å². The van der Waals surface area contributed by atoms with Gasteiger partial charge in [0, 0.05) is 24.2 Å². The molecule has 3 aromatic carbocycles. The first-order chi connectivity index (χ1) is 16.9. The minimum absolute atomic E-state index is 0.0156. The van der Waals surface area contributed by atoms with Crippen LogP contribution in [0.4, 0.5) is 0 Å². The van der Waals surface area contributed by atoms with E-state index in [2.05, 4.69) is 6.07 Å². The van der Waals surface area contributed by atoms with Gasteiger partial charge in [0.05, 0.1) is 18.2 Å². The van der Waals surface area contributed by atoms with Crippen molar-refractivity contribution in [3.05, 3.63) is 106 Å². The summed E-state index contributed by atoms with van der Waals surface area (Å²) in [6.07, 6.45) is 0. The summed E-state index contributed by atoms with van der Waals surface area (Å²) in [5.41, 5.74) is 3.26. The van der Waals surface area contributed by atoms with Crippen molar-refractivity contribution < 1.29 is 24.2 Å². The Hall–Kier alpha value is -3.61. The number of rotatable bonds is 8.